The molecule has 2 bridgehead atoms. The normalized spacial score (nSPS) is 28.5. The number of hydrogen-bond acceptors (Lipinski definition) is 1. The van der Waals surface area contributed by atoms with Crippen LogP contribution in [0, 0.1) is 6.92 Å². The van der Waals surface area contributed by atoms with Gasteiger partial charge in [0.1, 0.15) is 12.2 Å². The van der Waals surface area contributed by atoms with Crippen molar-refractivity contribution in [2.45, 2.75) is 33.0 Å². The van der Waals surface area contributed by atoms with Gasteiger partial charge in [-0.05, 0) is 48.6 Å². The summed E-state index contributed by atoms with van der Waals surface area (Å²) in [5, 5.41) is 0. The van der Waals surface area contributed by atoms with Crippen molar-refractivity contribution in [2.24, 2.45) is 0 Å². The summed E-state index contributed by atoms with van der Waals surface area (Å²) in [5.41, 5.74) is 6.99. The molecule has 3 rings (SSSR count). The van der Waals surface area contributed by atoms with Crippen molar-refractivity contribution in [2.75, 3.05) is 0 Å². The van der Waals surface area contributed by atoms with E-state index in [0.717, 1.165) is 0 Å². The average Bonchev–Trinajstić information content (AvgIpc) is 2.67. The smallest absolute Gasteiger partial charge is 0.106 e. The van der Waals surface area contributed by atoms with Gasteiger partial charge in [0, 0.05) is 0 Å². The summed E-state index contributed by atoms with van der Waals surface area (Å²) < 4.78 is 5.97. The van der Waals surface area contributed by atoms with Gasteiger partial charge >= 0.3 is 0 Å². The van der Waals surface area contributed by atoms with Gasteiger partial charge in [-0.15, -0.1) is 0 Å². The number of aryl methyl sites for hydroxylation is 1. The largest absolute Gasteiger partial charge is 0.357 e. The summed E-state index contributed by atoms with van der Waals surface area (Å²) >= 11 is 0. The summed E-state index contributed by atoms with van der Waals surface area (Å²) in [7, 11) is 0. The lowest BCUT2D eigenvalue weighted by molar-refractivity contribution is 0.0791. The number of rotatable bonds is 0. The Hall–Kier alpha value is -1.08. The predicted octanol–water partition coefficient (Wildman–Crippen LogP) is 3.46. The van der Waals surface area contributed by atoms with Crippen LogP contribution in [-0.2, 0) is 4.74 Å². The first-order chi connectivity index (χ1) is 6.70. The van der Waals surface area contributed by atoms with Gasteiger partial charge in [-0.2, -0.15) is 0 Å². The molecule has 2 atom stereocenters. The molecule has 1 nitrogen and oxygen atoms in total. The first kappa shape index (κ1) is 8.25. The highest BCUT2D eigenvalue weighted by molar-refractivity contribution is 5.52. The van der Waals surface area contributed by atoms with E-state index in [9.17, 15) is 0 Å². The van der Waals surface area contributed by atoms with Gasteiger partial charge in [0.25, 0.3) is 0 Å². The Morgan fingerprint density at radius 2 is 1.71 bits per heavy atom. The van der Waals surface area contributed by atoms with Crippen LogP contribution in [0.4, 0.5) is 0 Å². The Balaban J connectivity index is 2.26. The summed E-state index contributed by atoms with van der Waals surface area (Å²) in [6.45, 7) is 6.55. The van der Waals surface area contributed by atoms with Crippen LogP contribution in [0.1, 0.15) is 42.7 Å². The third-order valence-corrected chi connectivity index (χ3v) is 3.58. The quantitative estimate of drug-likeness (QED) is 0.564. The van der Waals surface area contributed by atoms with E-state index in [1.54, 1.807) is 0 Å². The standard InChI is InChI=1S/C13H14O/c1-7-5-4-6-10-11(7)13-9(3)8(2)12(10)14-13/h4-6,12-13H,1-3H3/t12-,13+/m0/s1. The molecule has 72 valence electrons. The highest BCUT2D eigenvalue weighted by Crippen LogP contribution is 2.54. The maximum absolute atomic E-state index is 5.97. The molecule has 0 fully saturated rings. The fraction of sp³-hybridized carbons (Fsp3) is 0.385. The molecule has 0 saturated heterocycles. The molecule has 2 aliphatic rings. The van der Waals surface area contributed by atoms with Gasteiger partial charge < -0.3 is 4.74 Å². The van der Waals surface area contributed by atoms with E-state index in [4.69, 9.17) is 4.74 Å². The highest BCUT2D eigenvalue weighted by Gasteiger charge is 2.41. The van der Waals surface area contributed by atoms with Crippen molar-refractivity contribution in [3.05, 3.63) is 46.0 Å². The molecule has 0 unspecified atom stereocenters. The molecular formula is C13H14O. The van der Waals surface area contributed by atoms with Crippen LogP contribution >= 0.6 is 0 Å². The molecule has 0 N–H and O–H groups in total. The lowest BCUT2D eigenvalue weighted by atomic mass is 9.85. The third kappa shape index (κ3) is 0.788. The number of fused-ring (bicyclic) bond motifs is 5. The lowest BCUT2D eigenvalue weighted by Crippen LogP contribution is -2.02. The first-order valence-corrected chi connectivity index (χ1v) is 5.12. The predicted molar refractivity (Wildman–Crippen MR) is 56.1 cm³/mol. The molecule has 0 radical (unpaired) electrons. The Bertz CT molecular complexity index is 443. The average molecular weight is 186 g/mol. The fourth-order valence-corrected chi connectivity index (χ4v) is 2.64. The molecular weight excluding hydrogens is 172 g/mol. The van der Waals surface area contributed by atoms with Crippen LogP contribution < -0.4 is 0 Å². The maximum Gasteiger partial charge on any atom is 0.106 e. The fourth-order valence-electron chi connectivity index (χ4n) is 2.64. The molecule has 0 aromatic heterocycles. The van der Waals surface area contributed by atoms with Gasteiger partial charge in [0.05, 0.1) is 0 Å². The summed E-state index contributed by atoms with van der Waals surface area (Å²) in [6, 6.07) is 6.50. The van der Waals surface area contributed by atoms with Crippen molar-refractivity contribution in [3.63, 3.8) is 0 Å². The minimum absolute atomic E-state index is 0.245. The molecule has 1 heteroatoms. The van der Waals surface area contributed by atoms with Gasteiger partial charge in [-0.3, -0.25) is 0 Å². The SMILES string of the molecule is CC1=C(C)[C@@H]2O[C@H]1c1c(C)cccc12. The third-order valence-electron chi connectivity index (χ3n) is 3.58. The maximum atomic E-state index is 5.97. The molecule has 1 aromatic rings. The zero-order valence-electron chi connectivity index (χ0n) is 8.79. The van der Waals surface area contributed by atoms with Crippen LogP contribution in [-0.4, -0.2) is 0 Å². The molecule has 1 aromatic carbocycles. The molecule has 0 saturated carbocycles. The number of hydrogen-bond donors (Lipinski definition) is 0. The minimum atomic E-state index is 0.245. The van der Waals surface area contributed by atoms with Crippen molar-refractivity contribution >= 4 is 0 Å². The highest BCUT2D eigenvalue weighted by atomic mass is 16.5. The lowest BCUT2D eigenvalue weighted by Gasteiger charge is -2.16. The van der Waals surface area contributed by atoms with Crippen LogP contribution in [0.2, 0.25) is 0 Å². The van der Waals surface area contributed by atoms with E-state index in [2.05, 4.69) is 39.0 Å². The van der Waals surface area contributed by atoms with Gasteiger partial charge in [0.2, 0.25) is 0 Å². The Morgan fingerprint density at radius 3 is 2.50 bits per heavy atom. The molecule has 0 aliphatic carbocycles. The van der Waals surface area contributed by atoms with Crippen LogP contribution in [0.15, 0.2) is 29.3 Å². The van der Waals surface area contributed by atoms with E-state index in [1.165, 1.54) is 27.8 Å². The first-order valence-electron chi connectivity index (χ1n) is 5.12. The second-order valence-electron chi connectivity index (χ2n) is 4.34. The number of ether oxygens (including phenoxy) is 1. The van der Waals surface area contributed by atoms with E-state index >= 15 is 0 Å². The summed E-state index contributed by atoms with van der Waals surface area (Å²) in [4.78, 5) is 0. The van der Waals surface area contributed by atoms with Crippen LogP contribution in [0.5, 0.6) is 0 Å². The molecule has 0 amide bonds. The van der Waals surface area contributed by atoms with Gasteiger partial charge in [0.15, 0.2) is 0 Å². The number of benzene rings is 1. The van der Waals surface area contributed by atoms with Crippen LogP contribution in [0.25, 0.3) is 0 Å². The zero-order chi connectivity index (χ0) is 9.87. The topological polar surface area (TPSA) is 9.23 Å². The Morgan fingerprint density at radius 1 is 1.00 bits per heavy atom. The molecule has 2 aliphatic heterocycles. The minimum Gasteiger partial charge on any atom is -0.357 e. The molecule has 14 heavy (non-hydrogen) atoms. The van der Waals surface area contributed by atoms with E-state index in [-0.39, 0.29) is 12.2 Å². The van der Waals surface area contributed by atoms with E-state index in [0.29, 0.717) is 0 Å². The van der Waals surface area contributed by atoms with E-state index in [1.807, 2.05) is 0 Å². The second-order valence-corrected chi connectivity index (χ2v) is 4.34. The molecule has 2 heterocycles. The second kappa shape index (κ2) is 2.48. The van der Waals surface area contributed by atoms with Crippen molar-refractivity contribution in [1.82, 2.24) is 0 Å². The van der Waals surface area contributed by atoms with Crippen molar-refractivity contribution in [1.29, 1.82) is 0 Å². The van der Waals surface area contributed by atoms with Crippen molar-refractivity contribution in [3.8, 4) is 0 Å². The van der Waals surface area contributed by atoms with E-state index < -0.39 is 0 Å². The summed E-state index contributed by atoms with van der Waals surface area (Å²) in [5.74, 6) is 0. The molecule has 0 spiro atoms. The summed E-state index contributed by atoms with van der Waals surface area (Å²) in [6.07, 6.45) is 0.492. The monoisotopic (exact) mass is 186 g/mol. The Labute approximate surface area is 84.4 Å². The zero-order valence-corrected chi connectivity index (χ0v) is 8.79. The van der Waals surface area contributed by atoms with Gasteiger partial charge in [-0.25, -0.2) is 0 Å². The van der Waals surface area contributed by atoms with Gasteiger partial charge in [-0.1, -0.05) is 18.2 Å². The Kier molecular flexibility index (Phi) is 1.46. The van der Waals surface area contributed by atoms with Crippen molar-refractivity contribution < 1.29 is 4.74 Å². The van der Waals surface area contributed by atoms with Crippen LogP contribution in [0.3, 0.4) is 0 Å².